The van der Waals surface area contributed by atoms with Crippen molar-refractivity contribution in [3.63, 3.8) is 0 Å². The van der Waals surface area contributed by atoms with Crippen LogP contribution >= 0.6 is 0 Å². The van der Waals surface area contributed by atoms with Gasteiger partial charge in [0, 0.05) is 18.7 Å². The normalized spacial score (nSPS) is 20.0. The van der Waals surface area contributed by atoms with Crippen LogP contribution in [-0.2, 0) is 31.3 Å². The van der Waals surface area contributed by atoms with E-state index in [9.17, 15) is 16.8 Å². The number of morpholine rings is 1. The topological polar surface area (TPSA) is 88.4 Å². The second-order valence-corrected chi connectivity index (χ2v) is 11.7. The van der Waals surface area contributed by atoms with Crippen molar-refractivity contribution in [1.82, 2.24) is 8.61 Å². The Kier molecular flexibility index (Phi) is 6.75. The number of piperazine rings is 1. The number of hydrogen-bond acceptors (Lipinski definition) is 5. The first-order chi connectivity index (χ1) is 14.9. The Morgan fingerprint density at radius 2 is 1.19 bits per heavy atom. The van der Waals surface area contributed by atoms with Gasteiger partial charge in [0.15, 0.2) is 0 Å². The highest BCUT2D eigenvalue weighted by Crippen LogP contribution is 2.21. The van der Waals surface area contributed by atoms with Gasteiger partial charge < -0.3 is 9.64 Å². The maximum atomic E-state index is 13.1. The molecule has 2 aromatic carbocycles. The highest BCUT2D eigenvalue weighted by Gasteiger charge is 2.31. The van der Waals surface area contributed by atoms with Gasteiger partial charge in [-0.1, -0.05) is 30.3 Å². The first kappa shape index (κ1) is 22.4. The third-order valence-electron chi connectivity index (χ3n) is 5.80. The summed E-state index contributed by atoms with van der Waals surface area (Å²) in [6.45, 7) is 4.57. The molecule has 0 aromatic heterocycles. The number of quaternary nitrogens is 1. The molecule has 2 aliphatic heterocycles. The summed E-state index contributed by atoms with van der Waals surface area (Å²) in [7, 11) is -7.30. The van der Waals surface area contributed by atoms with Crippen LogP contribution in [0.4, 0.5) is 0 Å². The molecule has 0 bridgehead atoms. The average molecular weight is 467 g/mol. The molecule has 2 heterocycles. The molecule has 31 heavy (non-hydrogen) atoms. The van der Waals surface area contributed by atoms with Gasteiger partial charge in [0.05, 0.1) is 49.2 Å². The Hall–Kier alpha value is -1.82. The summed E-state index contributed by atoms with van der Waals surface area (Å²) in [5.41, 5.74) is 1.24. The SMILES string of the molecule is O=S(=O)(c1ccc(S(=O)(=O)N2CC[NH+](Cc3ccccc3)CC2)cc1)N1CCOCC1. The number of benzene rings is 2. The number of rotatable bonds is 6. The van der Waals surface area contributed by atoms with E-state index >= 15 is 0 Å². The van der Waals surface area contributed by atoms with Crippen molar-refractivity contribution in [2.75, 3.05) is 52.5 Å². The van der Waals surface area contributed by atoms with Crippen LogP contribution < -0.4 is 4.90 Å². The zero-order valence-corrected chi connectivity index (χ0v) is 18.9. The third-order valence-corrected chi connectivity index (χ3v) is 9.62. The van der Waals surface area contributed by atoms with Crippen LogP contribution in [0.5, 0.6) is 0 Å². The fourth-order valence-electron chi connectivity index (χ4n) is 3.97. The molecule has 0 spiro atoms. The van der Waals surface area contributed by atoms with E-state index in [1.807, 2.05) is 18.2 Å². The molecule has 0 saturated carbocycles. The molecule has 0 amide bonds. The van der Waals surface area contributed by atoms with Crippen molar-refractivity contribution in [3.8, 4) is 0 Å². The fourth-order valence-corrected chi connectivity index (χ4v) is 6.82. The standard InChI is InChI=1S/C21H27N3O5S2/c25-30(26,23-12-10-22(11-13-23)18-19-4-2-1-3-5-19)20-6-8-21(9-7-20)31(27,28)24-14-16-29-17-15-24/h1-9H,10-18H2/p+1. The van der Waals surface area contributed by atoms with E-state index in [-0.39, 0.29) is 9.79 Å². The van der Waals surface area contributed by atoms with Crippen molar-refractivity contribution >= 4 is 20.0 Å². The number of sulfonamides is 2. The van der Waals surface area contributed by atoms with Gasteiger partial charge in [-0.15, -0.1) is 0 Å². The summed E-state index contributed by atoms with van der Waals surface area (Å²) >= 11 is 0. The maximum Gasteiger partial charge on any atom is 0.243 e. The van der Waals surface area contributed by atoms with E-state index in [0.717, 1.165) is 19.6 Å². The van der Waals surface area contributed by atoms with E-state index < -0.39 is 20.0 Å². The predicted molar refractivity (Wildman–Crippen MR) is 116 cm³/mol. The molecule has 2 aromatic rings. The van der Waals surface area contributed by atoms with Crippen molar-refractivity contribution in [2.24, 2.45) is 0 Å². The van der Waals surface area contributed by atoms with Crippen molar-refractivity contribution in [3.05, 3.63) is 60.2 Å². The molecule has 2 saturated heterocycles. The zero-order chi connectivity index (χ0) is 21.9. The van der Waals surface area contributed by atoms with E-state index in [2.05, 4.69) is 12.1 Å². The Morgan fingerprint density at radius 3 is 1.71 bits per heavy atom. The van der Waals surface area contributed by atoms with Gasteiger partial charge in [-0.2, -0.15) is 8.61 Å². The molecule has 0 unspecified atom stereocenters. The fraction of sp³-hybridized carbons (Fsp3) is 0.429. The summed E-state index contributed by atoms with van der Waals surface area (Å²) in [6, 6.07) is 15.7. The maximum absolute atomic E-state index is 13.1. The van der Waals surface area contributed by atoms with Gasteiger partial charge in [-0.3, -0.25) is 0 Å². The second kappa shape index (κ2) is 9.35. The minimum Gasteiger partial charge on any atom is -0.379 e. The number of hydrogen-bond donors (Lipinski definition) is 1. The Labute approximate surface area is 184 Å². The Balaban J connectivity index is 1.41. The van der Waals surface area contributed by atoms with Crippen LogP contribution in [0, 0.1) is 0 Å². The van der Waals surface area contributed by atoms with E-state index in [1.54, 1.807) is 0 Å². The van der Waals surface area contributed by atoms with Crippen molar-refractivity contribution in [2.45, 2.75) is 16.3 Å². The molecule has 0 atom stereocenters. The van der Waals surface area contributed by atoms with Crippen LogP contribution in [-0.4, -0.2) is 77.9 Å². The lowest BCUT2D eigenvalue weighted by molar-refractivity contribution is -0.917. The lowest BCUT2D eigenvalue weighted by Crippen LogP contribution is -3.13. The van der Waals surface area contributed by atoms with Gasteiger partial charge >= 0.3 is 0 Å². The molecular formula is C21H28N3O5S2+. The quantitative estimate of drug-likeness (QED) is 0.637. The minimum absolute atomic E-state index is 0.102. The second-order valence-electron chi connectivity index (χ2n) is 7.80. The Bertz CT molecular complexity index is 1080. The molecule has 1 N–H and O–H groups in total. The summed E-state index contributed by atoms with van der Waals surface area (Å²) in [5.74, 6) is 0. The summed E-state index contributed by atoms with van der Waals surface area (Å²) in [4.78, 5) is 1.58. The van der Waals surface area contributed by atoms with Crippen molar-refractivity contribution < 1.29 is 26.5 Å². The number of ether oxygens (including phenoxy) is 1. The molecule has 8 nitrogen and oxygen atoms in total. The van der Waals surface area contributed by atoms with Crippen LogP contribution in [0.1, 0.15) is 5.56 Å². The largest absolute Gasteiger partial charge is 0.379 e. The van der Waals surface area contributed by atoms with E-state index in [0.29, 0.717) is 39.4 Å². The molecule has 4 rings (SSSR count). The average Bonchev–Trinajstić information content (AvgIpc) is 2.81. The smallest absolute Gasteiger partial charge is 0.243 e. The first-order valence-corrected chi connectivity index (χ1v) is 13.3. The van der Waals surface area contributed by atoms with Gasteiger partial charge in [0.25, 0.3) is 0 Å². The highest BCUT2D eigenvalue weighted by atomic mass is 32.2. The van der Waals surface area contributed by atoms with Crippen LogP contribution in [0.15, 0.2) is 64.4 Å². The number of nitrogens with one attached hydrogen (secondary N) is 1. The lowest BCUT2D eigenvalue weighted by Gasteiger charge is -2.31. The van der Waals surface area contributed by atoms with Gasteiger partial charge in [-0.25, -0.2) is 16.8 Å². The van der Waals surface area contributed by atoms with E-state index in [1.165, 1.54) is 43.3 Å². The molecule has 2 fully saturated rings. The Morgan fingerprint density at radius 1 is 0.710 bits per heavy atom. The molecule has 10 heteroatoms. The molecule has 0 radical (unpaired) electrons. The predicted octanol–water partition coefficient (Wildman–Crippen LogP) is -0.203. The van der Waals surface area contributed by atoms with Gasteiger partial charge in [0.2, 0.25) is 20.0 Å². The van der Waals surface area contributed by atoms with Crippen LogP contribution in [0.2, 0.25) is 0 Å². The van der Waals surface area contributed by atoms with Gasteiger partial charge in [-0.05, 0) is 24.3 Å². The highest BCUT2D eigenvalue weighted by molar-refractivity contribution is 7.89. The molecule has 168 valence electrons. The van der Waals surface area contributed by atoms with E-state index in [4.69, 9.17) is 4.74 Å². The number of nitrogens with zero attached hydrogens (tertiary/aromatic N) is 2. The summed E-state index contributed by atoms with van der Waals surface area (Å²) in [6.07, 6.45) is 0. The summed E-state index contributed by atoms with van der Waals surface area (Å²) in [5, 5.41) is 0. The molecular weight excluding hydrogens is 438 g/mol. The summed E-state index contributed by atoms with van der Waals surface area (Å²) < 4.78 is 59.7. The van der Waals surface area contributed by atoms with Crippen molar-refractivity contribution in [1.29, 1.82) is 0 Å². The van der Waals surface area contributed by atoms with Gasteiger partial charge in [0.1, 0.15) is 6.54 Å². The van der Waals surface area contributed by atoms with Crippen LogP contribution in [0.25, 0.3) is 0 Å². The monoisotopic (exact) mass is 466 g/mol. The lowest BCUT2D eigenvalue weighted by atomic mass is 10.2. The first-order valence-electron chi connectivity index (χ1n) is 10.4. The zero-order valence-electron chi connectivity index (χ0n) is 17.3. The molecule has 2 aliphatic rings. The minimum atomic E-state index is -3.65. The molecule has 0 aliphatic carbocycles. The van der Waals surface area contributed by atoms with Crippen LogP contribution in [0.3, 0.4) is 0 Å². The third kappa shape index (κ3) is 5.00.